The Morgan fingerprint density at radius 3 is 1.73 bits per heavy atom. The molecule has 0 aliphatic heterocycles. The van der Waals surface area contributed by atoms with Gasteiger partial charge in [-0.15, -0.1) is 0 Å². The number of nitrogens with two attached hydrogens (primary N) is 1. The van der Waals surface area contributed by atoms with Crippen molar-refractivity contribution < 1.29 is 28.5 Å². The summed E-state index contributed by atoms with van der Waals surface area (Å²) in [6.45, 7) is 12.4. The van der Waals surface area contributed by atoms with Crippen LogP contribution in [0.2, 0.25) is 25.7 Å². The normalized spacial score (nSPS) is 11.6. The van der Waals surface area contributed by atoms with Crippen LogP contribution in [-0.2, 0) is 23.7 Å². The third kappa shape index (κ3) is 18.1. The second-order valence-corrected chi connectivity index (χ2v) is 12.7. The summed E-state index contributed by atoms with van der Waals surface area (Å²) in [5.74, 6) is 0. The van der Waals surface area contributed by atoms with Crippen molar-refractivity contribution in [2.75, 3.05) is 79.6 Å². The third-order valence-electron chi connectivity index (χ3n) is 3.34. The number of ether oxygens (including phenoxy) is 5. The highest BCUT2D eigenvalue weighted by Gasteiger charge is 2.15. The standard InChI is InChI=1S/C17H38N2O6Si/c1-19(17(20)25-15-16-26(2,3)4)6-8-22-10-12-24-14-13-23-11-9-21-7-5-18/h5-16,18H2,1-4H3. The van der Waals surface area contributed by atoms with E-state index in [1.807, 2.05) is 0 Å². The average Bonchev–Trinajstić information content (AvgIpc) is 2.57. The number of hydrogen-bond donors (Lipinski definition) is 1. The quantitative estimate of drug-likeness (QED) is 0.295. The number of hydrogen-bond acceptors (Lipinski definition) is 7. The molecule has 0 aliphatic rings. The van der Waals surface area contributed by atoms with Gasteiger partial charge in [0.1, 0.15) is 0 Å². The van der Waals surface area contributed by atoms with Gasteiger partial charge in [0.05, 0.1) is 59.5 Å². The summed E-state index contributed by atoms with van der Waals surface area (Å²) < 4.78 is 26.6. The Kier molecular flexibility index (Phi) is 16.0. The van der Waals surface area contributed by atoms with Crippen LogP contribution in [0.3, 0.4) is 0 Å². The van der Waals surface area contributed by atoms with Crippen LogP contribution in [0.1, 0.15) is 0 Å². The monoisotopic (exact) mass is 394 g/mol. The van der Waals surface area contributed by atoms with Crippen LogP contribution in [0.25, 0.3) is 0 Å². The van der Waals surface area contributed by atoms with Crippen LogP contribution in [0.15, 0.2) is 0 Å². The first-order chi connectivity index (χ1) is 12.4. The molecule has 0 atom stereocenters. The predicted octanol–water partition coefficient (Wildman–Crippen LogP) is 1.42. The maximum absolute atomic E-state index is 11.8. The zero-order valence-electron chi connectivity index (χ0n) is 17.0. The molecule has 0 unspecified atom stereocenters. The zero-order chi connectivity index (χ0) is 19.7. The van der Waals surface area contributed by atoms with E-state index in [0.717, 1.165) is 6.04 Å². The van der Waals surface area contributed by atoms with Crippen molar-refractivity contribution in [3.8, 4) is 0 Å². The minimum absolute atomic E-state index is 0.296. The van der Waals surface area contributed by atoms with Gasteiger partial charge in [-0.1, -0.05) is 19.6 Å². The molecule has 0 saturated heterocycles. The number of carbonyl (C=O) groups excluding carboxylic acids is 1. The van der Waals surface area contributed by atoms with Crippen LogP contribution in [-0.4, -0.2) is 98.7 Å². The summed E-state index contributed by atoms with van der Waals surface area (Å²) in [5, 5.41) is 0. The second-order valence-electron chi connectivity index (χ2n) is 7.08. The molecule has 0 aromatic carbocycles. The first kappa shape index (κ1) is 25.3. The van der Waals surface area contributed by atoms with E-state index in [9.17, 15) is 4.79 Å². The number of rotatable bonds is 17. The first-order valence-corrected chi connectivity index (χ1v) is 13.0. The molecule has 156 valence electrons. The van der Waals surface area contributed by atoms with Crippen molar-refractivity contribution in [2.45, 2.75) is 25.7 Å². The Bertz CT molecular complexity index is 342. The summed E-state index contributed by atoms with van der Waals surface area (Å²) in [7, 11) is 0.540. The minimum Gasteiger partial charge on any atom is -0.450 e. The first-order valence-electron chi connectivity index (χ1n) is 9.26. The summed E-state index contributed by atoms with van der Waals surface area (Å²) in [4.78, 5) is 13.3. The molecular weight excluding hydrogens is 356 g/mol. The molecule has 2 N–H and O–H groups in total. The Morgan fingerprint density at radius 2 is 1.27 bits per heavy atom. The van der Waals surface area contributed by atoms with E-state index in [0.29, 0.717) is 72.6 Å². The Hall–Kier alpha value is -0.713. The molecule has 0 aliphatic carbocycles. The van der Waals surface area contributed by atoms with Crippen LogP contribution in [0.4, 0.5) is 4.79 Å². The van der Waals surface area contributed by atoms with E-state index >= 15 is 0 Å². The maximum Gasteiger partial charge on any atom is 0.409 e. The summed E-state index contributed by atoms with van der Waals surface area (Å²) in [5.41, 5.74) is 5.30. The SMILES string of the molecule is CN(CCOCCOCCOCCOCCN)C(=O)OCC[Si](C)(C)C. The van der Waals surface area contributed by atoms with Gasteiger partial charge in [-0.3, -0.25) is 0 Å². The molecule has 0 heterocycles. The minimum atomic E-state index is -1.17. The molecule has 9 heteroatoms. The van der Waals surface area contributed by atoms with Crippen molar-refractivity contribution in [3.63, 3.8) is 0 Å². The molecule has 0 fully saturated rings. The van der Waals surface area contributed by atoms with Gasteiger partial charge in [0.15, 0.2) is 0 Å². The van der Waals surface area contributed by atoms with Gasteiger partial charge in [0.25, 0.3) is 0 Å². The van der Waals surface area contributed by atoms with Crippen LogP contribution in [0.5, 0.6) is 0 Å². The van der Waals surface area contributed by atoms with Crippen molar-refractivity contribution in [1.82, 2.24) is 4.90 Å². The zero-order valence-corrected chi connectivity index (χ0v) is 18.0. The second kappa shape index (κ2) is 16.5. The van der Waals surface area contributed by atoms with Gasteiger partial charge < -0.3 is 34.3 Å². The predicted molar refractivity (Wildman–Crippen MR) is 104 cm³/mol. The topological polar surface area (TPSA) is 92.5 Å². The molecule has 0 radical (unpaired) electrons. The van der Waals surface area contributed by atoms with Gasteiger partial charge in [0, 0.05) is 28.2 Å². The highest BCUT2D eigenvalue weighted by molar-refractivity contribution is 6.76. The molecule has 26 heavy (non-hydrogen) atoms. The van der Waals surface area contributed by atoms with Gasteiger partial charge >= 0.3 is 6.09 Å². The summed E-state index contributed by atoms with van der Waals surface area (Å²) in [6, 6.07) is 0.977. The molecule has 0 saturated carbocycles. The highest BCUT2D eigenvalue weighted by atomic mass is 28.3. The fourth-order valence-corrected chi connectivity index (χ4v) is 2.41. The van der Waals surface area contributed by atoms with E-state index in [1.54, 1.807) is 7.05 Å². The number of likely N-dealkylation sites (N-methyl/N-ethyl adjacent to an activating group) is 1. The van der Waals surface area contributed by atoms with Crippen LogP contribution < -0.4 is 5.73 Å². The lowest BCUT2D eigenvalue weighted by atomic mass is 10.6. The van der Waals surface area contributed by atoms with Crippen LogP contribution >= 0.6 is 0 Å². The number of nitrogens with zero attached hydrogens (tertiary/aromatic N) is 1. The summed E-state index contributed by atoms with van der Waals surface area (Å²) >= 11 is 0. The van der Waals surface area contributed by atoms with E-state index in [4.69, 9.17) is 29.4 Å². The molecular formula is C17H38N2O6Si. The molecule has 0 bridgehead atoms. The van der Waals surface area contributed by atoms with Gasteiger partial charge in [-0.05, 0) is 6.04 Å². The van der Waals surface area contributed by atoms with Gasteiger partial charge in [-0.25, -0.2) is 4.79 Å². The van der Waals surface area contributed by atoms with Crippen LogP contribution in [0, 0.1) is 0 Å². The molecule has 8 nitrogen and oxygen atoms in total. The fraction of sp³-hybridized carbons (Fsp3) is 0.941. The smallest absolute Gasteiger partial charge is 0.409 e. The Labute approximate surface area is 159 Å². The molecule has 1 amide bonds. The molecule has 0 aromatic rings. The third-order valence-corrected chi connectivity index (χ3v) is 5.04. The highest BCUT2D eigenvalue weighted by Crippen LogP contribution is 2.08. The Morgan fingerprint density at radius 1 is 0.808 bits per heavy atom. The molecule has 0 aromatic heterocycles. The van der Waals surface area contributed by atoms with E-state index in [1.165, 1.54) is 4.90 Å². The maximum atomic E-state index is 11.8. The van der Waals surface area contributed by atoms with Crippen molar-refractivity contribution in [1.29, 1.82) is 0 Å². The van der Waals surface area contributed by atoms with E-state index in [-0.39, 0.29) is 6.09 Å². The van der Waals surface area contributed by atoms with Crippen molar-refractivity contribution in [3.05, 3.63) is 0 Å². The lowest BCUT2D eigenvalue weighted by Gasteiger charge is -2.19. The number of amides is 1. The average molecular weight is 395 g/mol. The summed E-state index contributed by atoms with van der Waals surface area (Å²) in [6.07, 6.45) is -0.296. The Balaban J connectivity index is 3.34. The largest absolute Gasteiger partial charge is 0.450 e. The van der Waals surface area contributed by atoms with Gasteiger partial charge in [0.2, 0.25) is 0 Å². The van der Waals surface area contributed by atoms with E-state index < -0.39 is 8.07 Å². The van der Waals surface area contributed by atoms with Gasteiger partial charge in [-0.2, -0.15) is 0 Å². The van der Waals surface area contributed by atoms with Crippen molar-refractivity contribution >= 4 is 14.2 Å². The molecule has 0 spiro atoms. The lowest BCUT2D eigenvalue weighted by molar-refractivity contribution is -0.00264. The van der Waals surface area contributed by atoms with E-state index in [2.05, 4.69) is 19.6 Å². The number of carbonyl (C=O) groups is 1. The lowest BCUT2D eigenvalue weighted by Crippen LogP contribution is -2.32. The molecule has 0 rings (SSSR count). The van der Waals surface area contributed by atoms with Crippen molar-refractivity contribution in [2.24, 2.45) is 5.73 Å². The fourth-order valence-electron chi connectivity index (χ4n) is 1.69.